The number of aromatic amines is 1. The Kier molecular flexibility index (Phi) is 5.47. The molecule has 1 aromatic carbocycles. The molecule has 0 aliphatic carbocycles. The largest absolute Gasteiger partial charge is 0.370 e. The average Bonchev–Trinajstić information content (AvgIpc) is 3.25. The van der Waals surface area contributed by atoms with Gasteiger partial charge in [-0.3, -0.25) is 0 Å². The number of hydrogen-bond acceptors (Lipinski definition) is 5. The molecule has 4 heterocycles. The number of hydrogen-bond donors (Lipinski definition) is 2. The van der Waals surface area contributed by atoms with Crippen molar-refractivity contribution in [3.63, 3.8) is 0 Å². The van der Waals surface area contributed by atoms with E-state index >= 15 is 0 Å². The molecule has 0 unspecified atom stereocenters. The zero-order valence-electron chi connectivity index (χ0n) is 18.4. The first-order valence-electron chi connectivity index (χ1n) is 11.2. The number of rotatable bonds is 5. The van der Waals surface area contributed by atoms with E-state index in [1.54, 1.807) is 18.3 Å². The molecule has 0 radical (unpaired) electrons. The molecule has 2 N–H and O–H groups in total. The lowest BCUT2D eigenvalue weighted by molar-refractivity contribution is 0.579. The molecular weight excluding hydrogens is 403 g/mol. The van der Waals surface area contributed by atoms with E-state index in [0.29, 0.717) is 5.82 Å². The van der Waals surface area contributed by atoms with Crippen molar-refractivity contribution in [3.8, 4) is 11.4 Å². The van der Waals surface area contributed by atoms with Gasteiger partial charge >= 0.3 is 0 Å². The van der Waals surface area contributed by atoms with Crippen molar-refractivity contribution < 1.29 is 4.39 Å². The number of pyridine rings is 1. The fourth-order valence-electron chi connectivity index (χ4n) is 4.31. The molecule has 164 valence electrons. The highest BCUT2D eigenvalue weighted by Gasteiger charge is 2.19. The summed E-state index contributed by atoms with van der Waals surface area (Å²) in [5, 5.41) is 4.65. The van der Waals surface area contributed by atoms with Gasteiger partial charge in [0.05, 0.1) is 16.8 Å². The Balaban J connectivity index is 1.57. The van der Waals surface area contributed by atoms with E-state index in [0.717, 1.165) is 46.8 Å². The monoisotopic (exact) mass is 430 g/mol. The molecule has 1 saturated heterocycles. The van der Waals surface area contributed by atoms with E-state index in [-0.39, 0.29) is 11.7 Å². The summed E-state index contributed by atoms with van der Waals surface area (Å²) in [6.45, 7) is 6.36. The summed E-state index contributed by atoms with van der Waals surface area (Å²) in [5.41, 5.74) is 4.79. The Morgan fingerprint density at radius 3 is 2.56 bits per heavy atom. The van der Waals surface area contributed by atoms with E-state index in [2.05, 4.69) is 45.2 Å². The molecule has 3 aromatic heterocycles. The zero-order valence-corrected chi connectivity index (χ0v) is 18.4. The van der Waals surface area contributed by atoms with Crippen molar-refractivity contribution in [3.05, 3.63) is 60.3 Å². The first kappa shape index (κ1) is 20.4. The molecule has 4 aromatic rings. The molecule has 0 bridgehead atoms. The molecule has 0 saturated carbocycles. The molecular formula is C25H27FN6. The summed E-state index contributed by atoms with van der Waals surface area (Å²) in [7, 11) is 0. The smallest absolute Gasteiger partial charge is 0.161 e. The second-order valence-electron chi connectivity index (χ2n) is 8.59. The topological polar surface area (TPSA) is 69.7 Å². The van der Waals surface area contributed by atoms with E-state index in [1.807, 2.05) is 12.3 Å². The van der Waals surface area contributed by atoms with Gasteiger partial charge in [-0.2, -0.15) is 0 Å². The number of halogens is 1. The maximum atomic E-state index is 13.4. The van der Waals surface area contributed by atoms with Crippen LogP contribution in [-0.2, 0) is 0 Å². The van der Waals surface area contributed by atoms with E-state index in [4.69, 9.17) is 4.98 Å². The average molecular weight is 431 g/mol. The van der Waals surface area contributed by atoms with Crippen LogP contribution in [0.15, 0.2) is 48.9 Å². The van der Waals surface area contributed by atoms with Crippen LogP contribution >= 0.6 is 0 Å². The summed E-state index contributed by atoms with van der Waals surface area (Å²) in [6, 6.07) is 8.26. The van der Waals surface area contributed by atoms with Crippen LogP contribution in [0.25, 0.3) is 22.4 Å². The van der Waals surface area contributed by atoms with Gasteiger partial charge in [-0.25, -0.2) is 19.3 Å². The Labute approximate surface area is 186 Å². The summed E-state index contributed by atoms with van der Waals surface area (Å²) in [5.74, 6) is 1.29. The standard InChI is InChI=1S/C25H27FN6/c1-16(2)19-14-28-23(17-6-8-18(26)9-7-17)31-24(19)30-20-10-11-27-25-22(20)21(15-29-25)32-12-4-3-5-13-32/h6-11,14-16H,3-5,12-13H2,1-2H3,(H2,27,28,29,30,31). The SMILES string of the molecule is CC(C)c1cnc(-c2ccc(F)cc2)nc1Nc1ccnc2[nH]cc(N3CCCCC3)c12. The molecule has 7 heteroatoms. The first-order valence-corrected chi connectivity index (χ1v) is 11.2. The van der Waals surface area contributed by atoms with Crippen LogP contribution in [-0.4, -0.2) is 33.0 Å². The third-order valence-electron chi connectivity index (χ3n) is 6.04. The normalized spacial score (nSPS) is 14.3. The van der Waals surface area contributed by atoms with Crippen LogP contribution < -0.4 is 10.2 Å². The predicted molar refractivity (Wildman–Crippen MR) is 127 cm³/mol. The minimum Gasteiger partial charge on any atom is -0.370 e. The second kappa shape index (κ2) is 8.57. The number of nitrogens with zero attached hydrogens (tertiary/aromatic N) is 4. The number of benzene rings is 1. The molecule has 1 aliphatic heterocycles. The molecule has 0 amide bonds. The second-order valence-corrected chi connectivity index (χ2v) is 8.59. The maximum Gasteiger partial charge on any atom is 0.161 e. The van der Waals surface area contributed by atoms with E-state index < -0.39 is 0 Å². The minimum absolute atomic E-state index is 0.241. The van der Waals surface area contributed by atoms with Gasteiger partial charge < -0.3 is 15.2 Å². The third kappa shape index (κ3) is 3.90. The van der Waals surface area contributed by atoms with Gasteiger partial charge in [0, 0.05) is 42.8 Å². The molecule has 1 aliphatic rings. The maximum absolute atomic E-state index is 13.4. The van der Waals surface area contributed by atoms with E-state index in [1.165, 1.54) is 37.1 Å². The van der Waals surface area contributed by atoms with Gasteiger partial charge in [0.2, 0.25) is 0 Å². The lowest BCUT2D eigenvalue weighted by Crippen LogP contribution is -2.29. The quantitative estimate of drug-likeness (QED) is 0.405. The van der Waals surface area contributed by atoms with Gasteiger partial charge in [-0.05, 0) is 55.5 Å². The van der Waals surface area contributed by atoms with Crippen molar-refractivity contribution in [2.45, 2.75) is 39.0 Å². The summed E-state index contributed by atoms with van der Waals surface area (Å²) in [6.07, 6.45) is 9.42. The van der Waals surface area contributed by atoms with Crippen LogP contribution in [0, 0.1) is 5.82 Å². The number of piperidine rings is 1. The first-order chi connectivity index (χ1) is 15.6. The highest BCUT2D eigenvalue weighted by atomic mass is 19.1. The van der Waals surface area contributed by atoms with Crippen LogP contribution in [0.2, 0.25) is 0 Å². The Bertz CT molecular complexity index is 1230. The zero-order chi connectivity index (χ0) is 22.1. The summed E-state index contributed by atoms with van der Waals surface area (Å²) >= 11 is 0. The van der Waals surface area contributed by atoms with Crippen molar-refractivity contribution >= 4 is 28.2 Å². The van der Waals surface area contributed by atoms with Gasteiger partial charge in [0.15, 0.2) is 5.82 Å². The van der Waals surface area contributed by atoms with Crippen LogP contribution in [0.3, 0.4) is 0 Å². The van der Waals surface area contributed by atoms with E-state index in [9.17, 15) is 4.39 Å². The fourth-order valence-corrected chi connectivity index (χ4v) is 4.31. The summed E-state index contributed by atoms with van der Waals surface area (Å²) < 4.78 is 13.4. The highest BCUT2D eigenvalue weighted by Crippen LogP contribution is 2.36. The van der Waals surface area contributed by atoms with Gasteiger partial charge in [0.1, 0.15) is 17.3 Å². The fraction of sp³-hybridized carbons (Fsp3) is 0.320. The van der Waals surface area contributed by atoms with Crippen molar-refractivity contribution in [2.75, 3.05) is 23.3 Å². The Hall–Kier alpha value is -3.48. The van der Waals surface area contributed by atoms with Crippen LogP contribution in [0.4, 0.5) is 21.6 Å². The Morgan fingerprint density at radius 2 is 1.81 bits per heavy atom. The highest BCUT2D eigenvalue weighted by molar-refractivity contribution is 6.01. The molecule has 5 rings (SSSR count). The lowest BCUT2D eigenvalue weighted by Gasteiger charge is -2.28. The van der Waals surface area contributed by atoms with Gasteiger partial charge in [0.25, 0.3) is 0 Å². The van der Waals surface area contributed by atoms with Crippen LogP contribution in [0.5, 0.6) is 0 Å². The number of nitrogens with one attached hydrogen (secondary N) is 2. The molecule has 32 heavy (non-hydrogen) atoms. The number of fused-ring (bicyclic) bond motifs is 1. The molecule has 0 atom stereocenters. The summed E-state index contributed by atoms with van der Waals surface area (Å²) in [4.78, 5) is 19.7. The van der Waals surface area contributed by atoms with Crippen molar-refractivity contribution in [1.82, 2.24) is 19.9 Å². The van der Waals surface area contributed by atoms with Crippen LogP contribution in [0.1, 0.15) is 44.6 Å². The third-order valence-corrected chi connectivity index (χ3v) is 6.04. The predicted octanol–water partition coefficient (Wildman–Crippen LogP) is 6.02. The van der Waals surface area contributed by atoms with Crippen molar-refractivity contribution in [1.29, 1.82) is 0 Å². The van der Waals surface area contributed by atoms with Gasteiger partial charge in [-0.1, -0.05) is 13.8 Å². The van der Waals surface area contributed by atoms with Gasteiger partial charge in [-0.15, -0.1) is 0 Å². The lowest BCUT2D eigenvalue weighted by atomic mass is 10.1. The molecule has 6 nitrogen and oxygen atoms in total. The number of H-pyrrole nitrogens is 1. The minimum atomic E-state index is -0.275. The molecule has 1 fully saturated rings. The van der Waals surface area contributed by atoms with Crippen molar-refractivity contribution in [2.24, 2.45) is 0 Å². The molecule has 0 spiro atoms. The Morgan fingerprint density at radius 1 is 1.03 bits per heavy atom. The number of aromatic nitrogens is 4. The number of anilines is 3.